The number of anilines is 1. The molecule has 1 N–H and O–H groups in total. The Hall–Kier alpha value is -3.93. The molecule has 0 aliphatic rings. The van der Waals surface area contributed by atoms with Gasteiger partial charge in [0.1, 0.15) is 17.1 Å². The number of carbonyl (C=O) groups is 1. The lowest BCUT2D eigenvalue weighted by molar-refractivity contribution is 0.102. The van der Waals surface area contributed by atoms with Crippen LogP contribution in [0.4, 0.5) is 5.69 Å². The van der Waals surface area contributed by atoms with E-state index in [0.717, 1.165) is 10.9 Å². The molecule has 0 spiro atoms. The minimum Gasteiger partial charge on any atom is -0.497 e. The predicted molar refractivity (Wildman–Crippen MR) is 113 cm³/mol. The fourth-order valence-electron chi connectivity index (χ4n) is 3.33. The third-order valence-corrected chi connectivity index (χ3v) is 4.78. The first kappa shape index (κ1) is 18.4. The van der Waals surface area contributed by atoms with Gasteiger partial charge in [0.2, 0.25) is 0 Å². The van der Waals surface area contributed by atoms with Crippen molar-refractivity contribution in [1.29, 1.82) is 0 Å². The highest BCUT2D eigenvalue weighted by atomic mass is 16.5. The first-order valence-corrected chi connectivity index (χ1v) is 9.08. The van der Waals surface area contributed by atoms with Crippen LogP contribution in [0.1, 0.15) is 10.4 Å². The van der Waals surface area contributed by atoms with E-state index in [0.29, 0.717) is 22.5 Å². The van der Waals surface area contributed by atoms with Crippen LogP contribution >= 0.6 is 0 Å². The second-order valence-corrected chi connectivity index (χ2v) is 6.54. The van der Waals surface area contributed by atoms with Gasteiger partial charge < -0.3 is 10.1 Å². The van der Waals surface area contributed by atoms with Crippen molar-refractivity contribution in [1.82, 2.24) is 9.55 Å². The van der Waals surface area contributed by atoms with Crippen molar-refractivity contribution in [3.63, 3.8) is 0 Å². The number of carbonyl (C=O) groups excluding carboxylic acids is 1. The SMILES string of the molecule is COc1cccc(-c2c(NC(=O)c3ccccc3)c(=O)n(C)c3ncccc23)c1. The van der Waals surface area contributed by atoms with Gasteiger partial charge in [-0.25, -0.2) is 4.98 Å². The molecule has 6 nitrogen and oxygen atoms in total. The lowest BCUT2D eigenvalue weighted by Crippen LogP contribution is -2.26. The van der Waals surface area contributed by atoms with Crippen LogP contribution in [0.2, 0.25) is 0 Å². The van der Waals surface area contributed by atoms with Gasteiger partial charge in [0.05, 0.1) is 7.11 Å². The third kappa shape index (κ3) is 3.36. The summed E-state index contributed by atoms with van der Waals surface area (Å²) in [6.07, 6.45) is 1.64. The third-order valence-electron chi connectivity index (χ3n) is 4.78. The van der Waals surface area contributed by atoms with Gasteiger partial charge in [-0.15, -0.1) is 0 Å². The average Bonchev–Trinajstić information content (AvgIpc) is 2.78. The lowest BCUT2D eigenvalue weighted by Gasteiger charge is -2.16. The number of nitrogens with zero attached hydrogens (tertiary/aromatic N) is 2. The molecule has 0 saturated heterocycles. The first-order valence-electron chi connectivity index (χ1n) is 9.08. The van der Waals surface area contributed by atoms with Crippen molar-refractivity contribution in [2.75, 3.05) is 12.4 Å². The van der Waals surface area contributed by atoms with Crippen molar-refractivity contribution in [2.24, 2.45) is 7.05 Å². The number of nitrogens with one attached hydrogen (secondary N) is 1. The van der Waals surface area contributed by atoms with Gasteiger partial charge in [-0.05, 0) is 42.0 Å². The van der Waals surface area contributed by atoms with Crippen molar-refractivity contribution in [3.05, 3.63) is 88.8 Å². The van der Waals surface area contributed by atoms with E-state index < -0.39 is 0 Å². The first-order chi connectivity index (χ1) is 14.1. The van der Waals surface area contributed by atoms with Crippen LogP contribution < -0.4 is 15.6 Å². The van der Waals surface area contributed by atoms with Gasteiger partial charge in [0.15, 0.2) is 0 Å². The molecule has 0 bridgehead atoms. The van der Waals surface area contributed by atoms with E-state index in [1.807, 2.05) is 36.4 Å². The Kier molecular flexibility index (Phi) is 4.83. The zero-order valence-corrected chi connectivity index (χ0v) is 16.0. The smallest absolute Gasteiger partial charge is 0.276 e. The number of pyridine rings is 2. The van der Waals surface area contributed by atoms with Gasteiger partial charge in [-0.1, -0.05) is 30.3 Å². The average molecular weight is 385 g/mol. The zero-order chi connectivity index (χ0) is 20.4. The summed E-state index contributed by atoms with van der Waals surface area (Å²) >= 11 is 0. The van der Waals surface area contributed by atoms with Gasteiger partial charge in [-0.2, -0.15) is 0 Å². The molecule has 2 aromatic heterocycles. The molecule has 0 aliphatic heterocycles. The molecule has 4 aromatic rings. The monoisotopic (exact) mass is 385 g/mol. The summed E-state index contributed by atoms with van der Waals surface area (Å²) in [6.45, 7) is 0. The van der Waals surface area contributed by atoms with Crippen LogP contribution in [0.15, 0.2) is 77.7 Å². The normalized spacial score (nSPS) is 10.7. The molecule has 0 radical (unpaired) electrons. The van der Waals surface area contributed by atoms with E-state index in [2.05, 4.69) is 10.3 Å². The Bertz CT molecular complexity index is 1260. The predicted octanol–water partition coefficient (Wildman–Crippen LogP) is 3.86. The molecular formula is C23H19N3O3. The number of ether oxygens (including phenoxy) is 1. The number of hydrogen-bond donors (Lipinski definition) is 1. The summed E-state index contributed by atoms with van der Waals surface area (Å²) in [6, 6.07) is 19.9. The molecule has 2 aromatic carbocycles. The second kappa shape index (κ2) is 7.59. The number of benzene rings is 2. The van der Waals surface area contributed by atoms with Gasteiger partial charge in [0.25, 0.3) is 11.5 Å². The molecule has 0 unspecified atom stereocenters. The topological polar surface area (TPSA) is 73.2 Å². The minimum atomic E-state index is -0.352. The standard InChI is InChI=1S/C23H19N3O3/c1-26-21-18(12-7-13-24-21)19(16-10-6-11-17(14-16)29-2)20(23(26)28)25-22(27)15-8-4-3-5-9-15/h3-14H,1-2H3,(H,25,27). The number of amides is 1. The number of rotatable bonds is 4. The van der Waals surface area contributed by atoms with E-state index in [1.165, 1.54) is 4.57 Å². The molecule has 0 fully saturated rings. The minimum absolute atomic E-state index is 0.204. The van der Waals surface area contributed by atoms with Crippen LogP contribution in [-0.2, 0) is 7.05 Å². The molecule has 0 atom stereocenters. The molecule has 29 heavy (non-hydrogen) atoms. The fourth-order valence-corrected chi connectivity index (χ4v) is 3.33. The molecule has 144 valence electrons. The van der Waals surface area contributed by atoms with Crippen molar-refractivity contribution in [2.45, 2.75) is 0 Å². The summed E-state index contributed by atoms with van der Waals surface area (Å²) in [5.74, 6) is 0.302. The van der Waals surface area contributed by atoms with E-state index in [9.17, 15) is 9.59 Å². The highest BCUT2D eigenvalue weighted by molar-refractivity contribution is 6.09. The molecule has 4 rings (SSSR count). The van der Waals surface area contributed by atoms with Crippen LogP contribution in [0, 0.1) is 0 Å². The summed E-state index contributed by atoms with van der Waals surface area (Å²) in [4.78, 5) is 30.4. The maximum absolute atomic E-state index is 13.2. The zero-order valence-electron chi connectivity index (χ0n) is 16.0. The number of methoxy groups -OCH3 is 1. The Labute approximate surface area is 167 Å². The molecular weight excluding hydrogens is 366 g/mol. The Morgan fingerprint density at radius 1 is 1.03 bits per heavy atom. The number of aromatic nitrogens is 2. The van der Waals surface area contributed by atoms with Gasteiger partial charge in [-0.3, -0.25) is 14.2 Å². The molecule has 2 heterocycles. The maximum Gasteiger partial charge on any atom is 0.276 e. The molecule has 0 saturated carbocycles. The van der Waals surface area contributed by atoms with E-state index in [1.54, 1.807) is 50.7 Å². The van der Waals surface area contributed by atoms with Crippen LogP contribution in [0.3, 0.4) is 0 Å². The highest BCUT2D eigenvalue weighted by Crippen LogP contribution is 2.34. The molecule has 1 amide bonds. The van der Waals surface area contributed by atoms with Gasteiger partial charge in [0, 0.05) is 29.8 Å². The van der Waals surface area contributed by atoms with Crippen molar-refractivity contribution < 1.29 is 9.53 Å². The Balaban J connectivity index is 1.98. The van der Waals surface area contributed by atoms with Crippen molar-refractivity contribution in [3.8, 4) is 16.9 Å². The molecule has 6 heteroatoms. The second-order valence-electron chi connectivity index (χ2n) is 6.54. The van der Waals surface area contributed by atoms with Crippen LogP contribution in [0.25, 0.3) is 22.2 Å². The van der Waals surface area contributed by atoms with Crippen LogP contribution in [-0.4, -0.2) is 22.6 Å². The number of aryl methyl sites for hydroxylation is 1. The van der Waals surface area contributed by atoms with E-state index in [-0.39, 0.29) is 17.2 Å². The highest BCUT2D eigenvalue weighted by Gasteiger charge is 2.20. The summed E-state index contributed by atoms with van der Waals surface area (Å²) in [7, 11) is 3.23. The van der Waals surface area contributed by atoms with Crippen molar-refractivity contribution >= 4 is 22.6 Å². The Morgan fingerprint density at radius 3 is 2.59 bits per heavy atom. The largest absolute Gasteiger partial charge is 0.497 e. The number of fused-ring (bicyclic) bond motifs is 1. The summed E-state index contributed by atoms with van der Waals surface area (Å²) < 4.78 is 6.79. The lowest BCUT2D eigenvalue weighted by atomic mass is 10.00. The summed E-state index contributed by atoms with van der Waals surface area (Å²) in [5, 5.41) is 3.58. The quantitative estimate of drug-likeness (QED) is 0.579. The number of hydrogen-bond acceptors (Lipinski definition) is 4. The van der Waals surface area contributed by atoms with E-state index >= 15 is 0 Å². The summed E-state index contributed by atoms with van der Waals surface area (Å²) in [5.41, 5.74) is 2.24. The maximum atomic E-state index is 13.2. The van der Waals surface area contributed by atoms with Gasteiger partial charge >= 0.3 is 0 Å². The van der Waals surface area contributed by atoms with Crippen LogP contribution in [0.5, 0.6) is 5.75 Å². The fraction of sp³-hybridized carbons (Fsp3) is 0.0870. The molecule has 0 aliphatic carbocycles. The Morgan fingerprint density at radius 2 is 1.83 bits per heavy atom. The van der Waals surface area contributed by atoms with E-state index in [4.69, 9.17) is 4.74 Å².